The first-order valence-corrected chi connectivity index (χ1v) is 7.21. The van der Waals surface area contributed by atoms with E-state index in [1.165, 1.54) is 34.5 Å². The lowest BCUT2D eigenvalue weighted by molar-refractivity contribution is -0.134. The predicted molar refractivity (Wildman–Crippen MR) is 92.0 cm³/mol. The molecule has 0 saturated carbocycles. The topological polar surface area (TPSA) is 87.6 Å². The van der Waals surface area contributed by atoms with E-state index in [0.717, 1.165) is 5.56 Å². The van der Waals surface area contributed by atoms with Crippen molar-refractivity contribution >= 4 is 17.6 Å². The van der Waals surface area contributed by atoms with E-state index in [0.29, 0.717) is 17.0 Å². The number of oxime groups is 1. The second-order valence-corrected chi connectivity index (χ2v) is 4.55. The van der Waals surface area contributed by atoms with E-state index in [9.17, 15) is 4.79 Å². The van der Waals surface area contributed by atoms with Crippen molar-refractivity contribution < 1.29 is 28.7 Å². The highest BCUT2D eigenvalue weighted by atomic mass is 16.7. The van der Waals surface area contributed by atoms with E-state index in [2.05, 4.69) is 26.8 Å². The van der Waals surface area contributed by atoms with Gasteiger partial charge in [0.2, 0.25) is 0 Å². The number of carbonyl (C=O) groups is 1. The van der Waals surface area contributed by atoms with E-state index >= 15 is 0 Å². The Labute approximate surface area is 146 Å². The molecule has 0 heterocycles. The van der Waals surface area contributed by atoms with Gasteiger partial charge in [0, 0.05) is 5.56 Å². The van der Waals surface area contributed by atoms with Gasteiger partial charge in [0.25, 0.3) is 5.90 Å². The summed E-state index contributed by atoms with van der Waals surface area (Å²) in [4.78, 5) is 21.5. The lowest BCUT2D eigenvalue weighted by atomic mass is 10.1. The maximum Gasteiger partial charge on any atom is 0.334 e. The summed E-state index contributed by atoms with van der Waals surface area (Å²) in [5, 5.41) is 3.64. The number of nitrogens with zero attached hydrogens (tertiary/aromatic N) is 1. The minimum absolute atomic E-state index is 0.152. The monoisotopic (exact) mass is 350 g/mol. The van der Waals surface area contributed by atoms with Crippen LogP contribution in [0.15, 0.2) is 47.8 Å². The molecule has 0 fully saturated rings. The Morgan fingerprint density at radius 1 is 1.16 bits per heavy atom. The molecule has 1 rings (SSSR count). The van der Waals surface area contributed by atoms with Gasteiger partial charge in [-0.2, -0.15) is 0 Å². The Morgan fingerprint density at radius 2 is 1.88 bits per heavy atom. The van der Waals surface area contributed by atoms with Crippen LogP contribution < -0.4 is 5.48 Å². The minimum atomic E-state index is -0.514. The van der Waals surface area contributed by atoms with Gasteiger partial charge < -0.3 is 19.0 Å². The van der Waals surface area contributed by atoms with Crippen molar-refractivity contribution in [3.8, 4) is 0 Å². The number of carbonyl (C=O) groups excluding carboxylic acids is 1. The molecule has 1 aromatic carbocycles. The van der Waals surface area contributed by atoms with Crippen molar-refractivity contribution in [3.63, 3.8) is 0 Å². The van der Waals surface area contributed by atoms with E-state index < -0.39 is 5.97 Å². The Balaban J connectivity index is 2.84. The number of methoxy groups -OCH3 is 3. The fourth-order valence-electron chi connectivity index (χ4n) is 1.84. The summed E-state index contributed by atoms with van der Waals surface area (Å²) in [6.45, 7) is 3.90. The molecule has 1 N–H and O–H groups in total. The fourth-order valence-corrected chi connectivity index (χ4v) is 1.84. The molecule has 0 unspecified atom stereocenters. The van der Waals surface area contributed by atoms with Crippen LogP contribution in [-0.2, 0) is 35.3 Å². The van der Waals surface area contributed by atoms with Crippen molar-refractivity contribution in [1.29, 1.82) is 0 Å². The van der Waals surface area contributed by atoms with Crippen LogP contribution in [0.25, 0.3) is 5.76 Å². The van der Waals surface area contributed by atoms with E-state index in [-0.39, 0.29) is 12.5 Å². The van der Waals surface area contributed by atoms with Crippen LogP contribution in [0.3, 0.4) is 0 Å². The summed E-state index contributed by atoms with van der Waals surface area (Å²) in [6.07, 6.45) is 1.26. The normalized spacial score (nSPS) is 11.5. The van der Waals surface area contributed by atoms with Crippen LogP contribution in [0.1, 0.15) is 11.1 Å². The molecule has 8 nitrogen and oxygen atoms in total. The Morgan fingerprint density at radius 3 is 2.48 bits per heavy atom. The van der Waals surface area contributed by atoms with Gasteiger partial charge in [0.15, 0.2) is 0 Å². The highest BCUT2D eigenvalue weighted by Crippen LogP contribution is 2.20. The summed E-state index contributed by atoms with van der Waals surface area (Å²) < 4.78 is 14.9. The van der Waals surface area contributed by atoms with Gasteiger partial charge >= 0.3 is 5.97 Å². The zero-order valence-corrected chi connectivity index (χ0v) is 14.7. The first kappa shape index (κ1) is 20.0. The second-order valence-electron chi connectivity index (χ2n) is 4.55. The maximum absolute atomic E-state index is 11.5. The van der Waals surface area contributed by atoms with Crippen LogP contribution in [0.4, 0.5) is 0 Å². The molecule has 136 valence electrons. The van der Waals surface area contributed by atoms with Crippen molar-refractivity contribution in [1.82, 2.24) is 5.48 Å². The van der Waals surface area contributed by atoms with Crippen LogP contribution in [0, 0.1) is 0 Å². The molecule has 1 aromatic rings. The van der Waals surface area contributed by atoms with Crippen molar-refractivity contribution in [2.45, 2.75) is 6.61 Å². The molecule has 0 atom stereocenters. The molecule has 0 aliphatic heterocycles. The fraction of sp³-hybridized carbons (Fsp3) is 0.294. The molecule has 25 heavy (non-hydrogen) atoms. The number of benzene rings is 1. The number of hydroxylamine groups is 1. The largest absolute Gasteiger partial charge is 0.496 e. The molecule has 0 radical (unpaired) electrons. The summed E-state index contributed by atoms with van der Waals surface area (Å²) in [7, 11) is 5.59. The van der Waals surface area contributed by atoms with Gasteiger partial charge in [-0.15, -0.1) is 0 Å². The zero-order chi connectivity index (χ0) is 18.7. The van der Waals surface area contributed by atoms with Gasteiger partial charge in [-0.1, -0.05) is 30.8 Å². The van der Waals surface area contributed by atoms with Crippen molar-refractivity contribution in [2.24, 2.45) is 5.16 Å². The van der Waals surface area contributed by atoms with Gasteiger partial charge in [-0.05, 0) is 10.7 Å². The molecule has 8 heteroatoms. The number of nitrogens with one attached hydrogen (secondary N) is 1. The number of ether oxygens (including phenoxy) is 3. The number of hydrogen-bond acceptors (Lipinski definition) is 8. The first-order valence-electron chi connectivity index (χ1n) is 7.21. The maximum atomic E-state index is 11.5. The number of rotatable bonds is 9. The summed E-state index contributed by atoms with van der Waals surface area (Å²) in [5.74, 6) is 0.00180. The zero-order valence-electron chi connectivity index (χ0n) is 14.7. The highest BCUT2D eigenvalue weighted by molar-refractivity contribution is 5.91. The van der Waals surface area contributed by atoms with Crippen LogP contribution in [0.2, 0.25) is 0 Å². The van der Waals surface area contributed by atoms with Gasteiger partial charge in [0.1, 0.15) is 25.2 Å². The summed E-state index contributed by atoms with van der Waals surface area (Å²) in [6, 6.07) is 7.31. The quantitative estimate of drug-likeness (QED) is 0.182. The molecular weight excluding hydrogens is 328 g/mol. The van der Waals surface area contributed by atoms with Crippen LogP contribution >= 0.6 is 0 Å². The Bertz CT molecular complexity index is 654. The van der Waals surface area contributed by atoms with Gasteiger partial charge in [0.05, 0.1) is 27.4 Å². The summed E-state index contributed by atoms with van der Waals surface area (Å²) in [5.41, 5.74) is 4.39. The van der Waals surface area contributed by atoms with E-state index in [1.807, 2.05) is 18.2 Å². The Kier molecular flexibility index (Phi) is 8.59. The highest BCUT2D eigenvalue weighted by Gasteiger charge is 2.11. The van der Waals surface area contributed by atoms with Crippen molar-refractivity contribution in [2.75, 3.05) is 28.4 Å². The van der Waals surface area contributed by atoms with Crippen molar-refractivity contribution in [3.05, 3.63) is 53.7 Å². The lowest BCUT2D eigenvalue weighted by Crippen LogP contribution is -2.21. The van der Waals surface area contributed by atoms with Gasteiger partial charge in [-0.3, -0.25) is 10.3 Å². The number of hydrogen-bond donors (Lipinski definition) is 1. The van der Waals surface area contributed by atoms with Gasteiger partial charge in [-0.25, -0.2) is 4.79 Å². The molecule has 0 saturated heterocycles. The second kappa shape index (κ2) is 10.7. The molecule has 0 spiro atoms. The van der Waals surface area contributed by atoms with Crippen LogP contribution in [-0.4, -0.2) is 40.3 Å². The lowest BCUT2D eigenvalue weighted by Gasteiger charge is -2.14. The minimum Gasteiger partial charge on any atom is -0.496 e. The van der Waals surface area contributed by atoms with Crippen LogP contribution in [0.5, 0.6) is 0 Å². The third-order valence-electron chi connectivity index (χ3n) is 3.00. The predicted octanol–water partition coefficient (Wildman–Crippen LogP) is 1.99. The third-order valence-corrected chi connectivity index (χ3v) is 3.00. The van der Waals surface area contributed by atoms with E-state index in [1.54, 1.807) is 6.07 Å². The summed E-state index contributed by atoms with van der Waals surface area (Å²) >= 11 is 0. The molecular formula is C17H22N2O6. The molecule has 0 aromatic heterocycles. The average Bonchev–Trinajstić information content (AvgIpc) is 2.64. The Hall–Kier alpha value is -3.00. The third kappa shape index (κ3) is 6.19. The molecule has 0 amide bonds. The molecule has 0 bridgehead atoms. The SMILES string of the molecule is C=C(NOCc1ccccc1C(=CC(=O)OC)OC)C(=NOC)OC. The van der Waals surface area contributed by atoms with E-state index in [4.69, 9.17) is 14.3 Å². The average molecular weight is 350 g/mol. The standard InChI is InChI=1S/C17H22N2O6/c1-12(17(23-4)19-24-5)18-25-11-13-8-6-7-9-14(13)15(21-2)10-16(20)22-3/h6-10,18H,1,11H2,2-5H3. The smallest absolute Gasteiger partial charge is 0.334 e. The molecule has 0 aliphatic rings. The first-order chi connectivity index (χ1) is 12.1. The number of esters is 1. The molecule has 0 aliphatic carbocycles.